The van der Waals surface area contributed by atoms with E-state index < -0.39 is 0 Å². The Morgan fingerprint density at radius 3 is 2.61 bits per heavy atom. The summed E-state index contributed by atoms with van der Waals surface area (Å²) in [7, 11) is 1.90. The van der Waals surface area contributed by atoms with Crippen LogP contribution in [0.15, 0.2) is 24.3 Å². The number of aromatic amines is 1. The van der Waals surface area contributed by atoms with E-state index in [0.717, 1.165) is 43.0 Å². The van der Waals surface area contributed by atoms with Crippen molar-refractivity contribution in [2.24, 2.45) is 7.05 Å². The van der Waals surface area contributed by atoms with Crippen LogP contribution >= 0.6 is 0 Å². The molecule has 0 spiro atoms. The number of piperidine rings is 1. The largest absolute Gasteiger partial charge is 0.358 e. The van der Waals surface area contributed by atoms with E-state index in [2.05, 4.69) is 51.5 Å². The number of carbonyl (C=O) groups is 1. The standard InChI is InChI=1S/C22H29N5O/c1-14-21(18-7-5-6-8-19(18)23-14)17-9-11-27(12-10-17)13-20(28)24-22-15(2)25-26(4)16(22)3/h5-8,17,23H,9-13H2,1-4H3,(H,24,28). The quantitative estimate of drug-likeness (QED) is 0.727. The second kappa shape index (κ2) is 7.43. The minimum Gasteiger partial charge on any atom is -0.358 e. The highest BCUT2D eigenvalue weighted by Crippen LogP contribution is 2.35. The van der Waals surface area contributed by atoms with E-state index >= 15 is 0 Å². The third-order valence-corrected chi connectivity index (χ3v) is 6.08. The molecule has 6 nitrogen and oxygen atoms in total. The van der Waals surface area contributed by atoms with Crippen LogP contribution in [0.2, 0.25) is 0 Å². The van der Waals surface area contributed by atoms with E-state index in [-0.39, 0.29) is 5.91 Å². The molecule has 6 heteroatoms. The summed E-state index contributed by atoms with van der Waals surface area (Å²) in [5.41, 5.74) is 6.65. The van der Waals surface area contributed by atoms with Gasteiger partial charge in [0.15, 0.2) is 0 Å². The number of rotatable bonds is 4. The summed E-state index contributed by atoms with van der Waals surface area (Å²) in [6.45, 7) is 8.41. The van der Waals surface area contributed by atoms with Gasteiger partial charge in [-0.05, 0) is 64.3 Å². The number of likely N-dealkylation sites (tertiary alicyclic amines) is 1. The first-order valence-corrected chi connectivity index (χ1v) is 10.0. The molecule has 0 aliphatic carbocycles. The second-order valence-corrected chi connectivity index (χ2v) is 7.98. The van der Waals surface area contributed by atoms with Gasteiger partial charge in [0.25, 0.3) is 0 Å². The number of para-hydroxylation sites is 1. The number of hydrogen-bond donors (Lipinski definition) is 2. The lowest BCUT2D eigenvalue weighted by atomic mass is 9.87. The molecule has 3 aromatic rings. The predicted octanol–water partition coefficient (Wildman–Crippen LogP) is 3.64. The molecule has 1 aromatic carbocycles. The fraction of sp³-hybridized carbons (Fsp3) is 0.455. The van der Waals surface area contributed by atoms with Crippen LogP contribution in [0.4, 0.5) is 5.69 Å². The van der Waals surface area contributed by atoms with Gasteiger partial charge in [-0.3, -0.25) is 14.4 Å². The number of anilines is 1. The van der Waals surface area contributed by atoms with Gasteiger partial charge in [0.1, 0.15) is 0 Å². The van der Waals surface area contributed by atoms with Crippen LogP contribution in [0.1, 0.15) is 41.4 Å². The molecule has 0 atom stereocenters. The van der Waals surface area contributed by atoms with Crippen molar-refractivity contribution in [2.75, 3.05) is 25.0 Å². The summed E-state index contributed by atoms with van der Waals surface area (Å²) in [6, 6.07) is 8.55. The van der Waals surface area contributed by atoms with Crippen molar-refractivity contribution in [3.8, 4) is 0 Å². The SMILES string of the molecule is Cc1nn(C)c(C)c1NC(=O)CN1CCC(c2c(C)[nH]c3ccccc23)CC1. The number of hydrogen-bond acceptors (Lipinski definition) is 3. The lowest BCUT2D eigenvalue weighted by Crippen LogP contribution is -2.38. The highest BCUT2D eigenvalue weighted by molar-refractivity contribution is 5.93. The number of nitrogens with one attached hydrogen (secondary N) is 2. The number of benzene rings is 1. The number of aromatic nitrogens is 3. The summed E-state index contributed by atoms with van der Waals surface area (Å²) in [5, 5.41) is 8.76. The molecule has 28 heavy (non-hydrogen) atoms. The Kier molecular flexibility index (Phi) is 4.98. The summed E-state index contributed by atoms with van der Waals surface area (Å²) in [5.74, 6) is 0.596. The van der Waals surface area contributed by atoms with Crippen LogP contribution in [0.25, 0.3) is 10.9 Å². The fourth-order valence-electron chi connectivity index (χ4n) is 4.54. The van der Waals surface area contributed by atoms with Gasteiger partial charge in [-0.1, -0.05) is 18.2 Å². The van der Waals surface area contributed by atoms with Gasteiger partial charge in [0.2, 0.25) is 5.91 Å². The highest BCUT2D eigenvalue weighted by atomic mass is 16.2. The lowest BCUT2D eigenvalue weighted by Gasteiger charge is -2.31. The number of H-pyrrole nitrogens is 1. The predicted molar refractivity (Wildman–Crippen MR) is 113 cm³/mol. The molecule has 0 unspecified atom stereocenters. The summed E-state index contributed by atoms with van der Waals surface area (Å²) < 4.78 is 1.81. The maximum Gasteiger partial charge on any atom is 0.238 e. The van der Waals surface area contributed by atoms with E-state index in [1.807, 2.05) is 20.9 Å². The number of nitrogens with zero attached hydrogens (tertiary/aromatic N) is 3. The van der Waals surface area contributed by atoms with Crippen molar-refractivity contribution in [3.63, 3.8) is 0 Å². The van der Waals surface area contributed by atoms with Gasteiger partial charge in [0, 0.05) is 23.6 Å². The van der Waals surface area contributed by atoms with Gasteiger partial charge < -0.3 is 10.3 Å². The van der Waals surface area contributed by atoms with Crippen molar-refractivity contribution in [3.05, 3.63) is 46.9 Å². The molecule has 1 aliphatic rings. The van der Waals surface area contributed by atoms with Crippen LogP contribution in [0, 0.1) is 20.8 Å². The third-order valence-electron chi connectivity index (χ3n) is 6.08. The molecular weight excluding hydrogens is 350 g/mol. The summed E-state index contributed by atoms with van der Waals surface area (Å²) >= 11 is 0. The van der Waals surface area contributed by atoms with Gasteiger partial charge in [-0.25, -0.2) is 0 Å². The average Bonchev–Trinajstić information content (AvgIpc) is 3.12. The lowest BCUT2D eigenvalue weighted by molar-refractivity contribution is -0.117. The zero-order valence-corrected chi connectivity index (χ0v) is 17.2. The molecule has 2 N–H and O–H groups in total. The molecule has 148 valence electrons. The van der Waals surface area contributed by atoms with Gasteiger partial charge in [-0.15, -0.1) is 0 Å². The molecule has 4 rings (SSSR count). The van der Waals surface area contributed by atoms with Crippen molar-refractivity contribution < 1.29 is 4.79 Å². The van der Waals surface area contributed by atoms with Crippen molar-refractivity contribution in [1.82, 2.24) is 19.7 Å². The molecule has 0 bridgehead atoms. The van der Waals surface area contributed by atoms with Crippen LogP contribution < -0.4 is 5.32 Å². The second-order valence-electron chi connectivity index (χ2n) is 7.98. The maximum absolute atomic E-state index is 12.5. The number of aryl methyl sites for hydroxylation is 3. The number of amides is 1. The Morgan fingerprint density at radius 2 is 1.93 bits per heavy atom. The zero-order chi connectivity index (χ0) is 19.8. The molecule has 1 aliphatic heterocycles. The summed E-state index contributed by atoms with van der Waals surface area (Å²) in [6.07, 6.45) is 2.17. The van der Waals surface area contributed by atoms with E-state index in [0.29, 0.717) is 12.5 Å². The maximum atomic E-state index is 12.5. The van der Waals surface area contributed by atoms with Crippen LogP contribution in [0.5, 0.6) is 0 Å². The first-order valence-electron chi connectivity index (χ1n) is 10.0. The van der Waals surface area contributed by atoms with Crippen LogP contribution in [-0.4, -0.2) is 45.2 Å². The van der Waals surface area contributed by atoms with Crippen LogP contribution in [0.3, 0.4) is 0 Å². The first kappa shape index (κ1) is 18.7. The Balaban J connectivity index is 1.38. The fourth-order valence-corrected chi connectivity index (χ4v) is 4.54. The molecular formula is C22H29N5O. The molecule has 1 saturated heterocycles. The molecule has 2 aromatic heterocycles. The Bertz CT molecular complexity index is 1010. The highest BCUT2D eigenvalue weighted by Gasteiger charge is 2.25. The monoisotopic (exact) mass is 379 g/mol. The van der Waals surface area contributed by atoms with Gasteiger partial charge in [0.05, 0.1) is 23.6 Å². The van der Waals surface area contributed by atoms with E-state index in [4.69, 9.17) is 0 Å². The molecule has 0 radical (unpaired) electrons. The Labute approximate surface area is 165 Å². The topological polar surface area (TPSA) is 66.0 Å². The van der Waals surface area contributed by atoms with E-state index in [9.17, 15) is 4.79 Å². The molecule has 1 amide bonds. The average molecular weight is 380 g/mol. The first-order chi connectivity index (χ1) is 13.4. The third kappa shape index (κ3) is 3.44. The Morgan fingerprint density at radius 1 is 1.21 bits per heavy atom. The van der Waals surface area contributed by atoms with Crippen molar-refractivity contribution in [2.45, 2.75) is 39.5 Å². The van der Waals surface area contributed by atoms with Gasteiger partial charge in [-0.2, -0.15) is 5.10 Å². The number of fused-ring (bicyclic) bond motifs is 1. The van der Waals surface area contributed by atoms with Gasteiger partial charge >= 0.3 is 0 Å². The summed E-state index contributed by atoms with van der Waals surface area (Å²) in [4.78, 5) is 18.3. The van der Waals surface area contributed by atoms with Crippen molar-refractivity contribution >= 4 is 22.5 Å². The zero-order valence-electron chi connectivity index (χ0n) is 17.2. The number of carbonyl (C=O) groups excluding carboxylic acids is 1. The minimum atomic E-state index is 0.0425. The van der Waals surface area contributed by atoms with E-state index in [1.165, 1.54) is 22.2 Å². The normalized spacial score (nSPS) is 16.0. The smallest absolute Gasteiger partial charge is 0.238 e. The van der Waals surface area contributed by atoms with Crippen LogP contribution in [-0.2, 0) is 11.8 Å². The molecule has 0 saturated carbocycles. The molecule has 1 fully saturated rings. The Hall–Kier alpha value is -2.60. The minimum absolute atomic E-state index is 0.0425. The molecule has 3 heterocycles. The van der Waals surface area contributed by atoms with Crippen molar-refractivity contribution in [1.29, 1.82) is 0 Å². The van der Waals surface area contributed by atoms with E-state index in [1.54, 1.807) is 4.68 Å².